The van der Waals surface area contributed by atoms with Gasteiger partial charge in [-0.1, -0.05) is 12.1 Å². The van der Waals surface area contributed by atoms with Gasteiger partial charge in [0.25, 0.3) is 5.91 Å². The van der Waals surface area contributed by atoms with Gasteiger partial charge in [0, 0.05) is 11.8 Å². The molecule has 5 nitrogen and oxygen atoms in total. The van der Waals surface area contributed by atoms with Crippen molar-refractivity contribution >= 4 is 17.3 Å². The van der Waals surface area contributed by atoms with Crippen LogP contribution in [0.1, 0.15) is 15.9 Å². The molecule has 2 rings (SSSR count). The van der Waals surface area contributed by atoms with Crippen LogP contribution in [0.5, 0.6) is 11.5 Å². The minimum atomic E-state index is -0.357. The van der Waals surface area contributed by atoms with E-state index in [4.69, 9.17) is 10.5 Å². The van der Waals surface area contributed by atoms with Gasteiger partial charge in [-0.05, 0) is 30.7 Å². The molecule has 0 spiro atoms. The lowest BCUT2D eigenvalue weighted by atomic mass is 10.1. The highest BCUT2D eigenvalue weighted by molar-refractivity contribution is 6.08. The third-order valence-corrected chi connectivity index (χ3v) is 3.00. The summed E-state index contributed by atoms with van der Waals surface area (Å²) in [6.07, 6.45) is 0. The Kier molecular flexibility index (Phi) is 3.79. The molecule has 0 radical (unpaired) electrons. The summed E-state index contributed by atoms with van der Waals surface area (Å²) in [6.45, 7) is 1.78. The molecule has 20 heavy (non-hydrogen) atoms. The number of aryl methyl sites for hydroxylation is 1. The molecular weight excluding hydrogens is 256 g/mol. The monoisotopic (exact) mass is 272 g/mol. The third-order valence-electron chi connectivity index (χ3n) is 3.00. The first-order valence-corrected chi connectivity index (χ1v) is 6.06. The minimum absolute atomic E-state index is 0.126. The molecule has 2 aromatic rings. The molecule has 5 heteroatoms. The largest absolute Gasteiger partial charge is 0.508 e. The summed E-state index contributed by atoms with van der Waals surface area (Å²) in [6, 6.07) is 9.91. The first-order valence-electron chi connectivity index (χ1n) is 6.06. The first kappa shape index (κ1) is 13.7. The van der Waals surface area contributed by atoms with Gasteiger partial charge in [0.1, 0.15) is 11.5 Å². The van der Waals surface area contributed by atoms with Crippen LogP contribution in [0.15, 0.2) is 36.4 Å². The number of aromatic hydroxyl groups is 1. The molecule has 0 unspecified atom stereocenters. The van der Waals surface area contributed by atoms with Crippen LogP contribution in [-0.2, 0) is 0 Å². The molecule has 0 aliphatic rings. The van der Waals surface area contributed by atoms with Gasteiger partial charge in [0.05, 0.1) is 18.4 Å². The van der Waals surface area contributed by atoms with Crippen LogP contribution in [0, 0.1) is 6.92 Å². The molecule has 2 aromatic carbocycles. The number of nitrogens with two attached hydrogens (primary N) is 1. The van der Waals surface area contributed by atoms with Gasteiger partial charge >= 0.3 is 0 Å². The van der Waals surface area contributed by atoms with E-state index in [9.17, 15) is 9.90 Å². The van der Waals surface area contributed by atoms with Gasteiger partial charge < -0.3 is 20.9 Å². The van der Waals surface area contributed by atoms with Gasteiger partial charge in [-0.3, -0.25) is 4.79 Å². The number of nitrogen functional groups attached to an aromatic ring is 1. The summed E-state index contributed by atoms with van der Waals surface area (Å²) < 4.78 is 5.08. The number of carbonyl (C=O) groups excluding carboxylic acids is 1. The number of hydrogen-bond donors (Lipinski definition) is 3. The summed E-state index contributed by atoms with van der Waals surface area (Å²) in [5, 5.41) is 12.3. The Labute approximate surface area is 117 Å². The van der Waals surface area contributed by atoms with Gasteiger partial charge in [-0.15, -0.1) is 0 Å². The number of rotatable bonds is 3. The smallest absolute Gasteiger partial charge is 0.257 e. The maximum atomic E-state index is 12.2. The van der Waals surface area contributed by atoms with Crippen molar-refractivity contribution in [3.63, 3.8) is 0 Å². The zero-order chi connectivity index (χ0) is 14.7. The summed E-state index contributed by atoms with van der Waals surface area (Å²) in [4.78, 5) is 12.2. The number of para-hydroxylation sites is 1. The van der Waals surface area contributed by atoms with Crippen molar-refractivity contribution < 1.29 is 14.6 Å². The Hall–Kier alpha value is -2.69. The van der Waals surface area contributed by atoms with Crippen LogP contribution in [-0.4, -0.2) is 18.1 Å². The Morgan fingerprint density at radius 3 is 2.70 bits per heavy atom. The van der Waals surface area contributed by atoms with Crippen molar-refractivity contribution in [2.75, 3.05) is 18.2 Å². The molecule has 0 aromatic heterocycles. The third kappa shape index (κ3) is 2.66. The first-order chi connectivity index (χ1) is 9.52. The zero-order valence-electron chi connectivity index (χ0n) is 11.3. The molecule has 1 amide bonds. The van der Waals surface area contributed by atoms with Crippen molar-refractivity contribution in [2.24, 2.45) is 0 Å². The van der Waals surface area contributed by atoms with Crippen molar-refractivity contribution in [2.45, 2.75) is 6.92 Å². The van der Waals surface area contributed by atoms with E-state index >= 15 is 0 Å². The second kappa shape index (κ2) is 5.52. The number of nitrogens with one attached hydrogen (secondary N) is 1. The molecule has 0 saturated heterocycles. The van der Waals surface area contributed by atoms with E-state index in [1.54, 1.807) is 37.3 Å². The standard InChI is InChI=1S/C15H16N2O3/c1-9-6-7-10(8-12(9)18)17-15(19)11-4-3-5-13(20-2)14(11)16/h3-8,18H,16H2,1-2H3,(H,17,19). The molecule has 0 fully saturated rings. The van der Waals surface area contributed by atoms with E-state index in [1.165, 1.54) is 13.2 Å². The summed E-state index contributed by atoms with van der Waals surface area (Å²) in [7, 11) is 1.49. The SMILES string of the molecule is COc1cccc(C(=O)Nc2ccc(C)c(O)c2)c1N. The number of phenols is 1. The lowest BCUT2D eigenvalue weighted by Gasteiger charge is -2.11. The molecule has 0 saturated carbocycles. The summed E-state index contributed by atoms with van der Waals surface area (Å²) >= 11 is 0. The van der Waals surface area contributed by atoms with Gasteiger partial charge in [-0.25, -0.2) is 0 Å². The fourth-order valence-electron chi connectivity index (χ4n) is 1.81. The van der Waals surface area contributed by atoms with Crippen LogP contribution in [0.2, 0.25) is 0 Å². The predicted octanol–water partition coefficient (Wildman–Crippen LogP) is 2.54. The molecule has 0 bridgehead atoms. The number of hydrogen-bond acceptors (Lipinski definition) is 4. The topological polar surface area (TPSA) is 84.6 Å². The Balaban J connectivity index is 2.26. The number of benzene rings is 2. The Morgan fingerprint density at radius 1 is 1.30 bits per heavy atom. The van der Waals surface area contributed by atoms with Crippen LogP contribution >= 0.6 is 0 Å². The number of anilines is 2. The van der Waals surface area contributed by atoms with Crippen molar-refractivity contribution in [1.82, 2.24) is 0 Å². The lowest BCUT2D eigenvalue weighted by molar-refractivity contribution is 0.102. The van der Waals surface area contributed by atoms with Crippen molar-refractivity contribution in [1.29, 1.82) is 0 Å². The lowest BCUT2D eigenvalue weighted by Crippen LogP contribution is -2.14. The number of amides is 1. The predicted molar refractivity (Wildman–Crippen MR) is 78.2 cm³/mol. The van der Waals surface area contributed by atoms with E-state index in [2.05, 4.69) is 5.32 Å². The minimum Gasteiger partial charge on any atom is -0.508 e. The average Bonchev–Trinajstić information content (AvgIpc) is 2.43. The van der Waals surface area contributed by atoms with Gasteiger partial charge in [0.2, 0.25) is 0 Å². The summed E-state index contributed by atoms with van der Waals surface area (Å²) in [5.74, 6) is 0.218. The maximum Gasteiger partial charge on any atom is 0.257 e. The van der Waals surface area contributed by atoms with Crippen molar-refractivity contribution in [3.05, 3.63) is 47.5 Å². The van der Waals surface area contributed by atoms with E-state index in [0.29, 0.717) is 17.0 Å². The highest BCUT2D eigenvalue weighted by Crippen LogP contribution is 2.26. The molecule has 4 N–H and O–H groups in total. The molecule has 0 aliphatic heterocycles. The summed E-state index contributed by atoms with van der Waals surface area (Å²) in [5.41, 5.74) is 7.71. The fraction of sp³-hybridized carbons (Fsp3) is 0.133. The van der Waals surface area contributed by atoms with E-state index in [0.717, 1.165) is 5.56 Å². The van der Waals surface area contributed by atoms with E-state index < -0.39 is 0 Å². The van der Waals surface area contributed by atoms with Gasteiger partial charge in [0.15, 0.2) is 0 Å². The molecule has 0 aliphatic carbocycles. The van der Waals surface area contributed by atoms with Gasteiger partial charge in [-0.2, -0.15) is 0 Å². The van der Waals surface area contributed by atoms with Crippen LogP contribution in [0.25, 0.3) is 0 Å². The quantitative estimate of drug-likeness (QED) is 0.750. The molecule has 0 heterocycles. The second-order valence-corrected chi connectivity index (χ2v) is 4.38. The fourth-order valence-corrected chi connectivity index (χ4v) is 1.81. The normalized spacial score (nSPS) is 10.1. The zero-order valence-corrected chi connectivity index (χ0v) is 11.3. The Morgan fingerprint density at radius 2 is 2.05 bits per heavy atom. The van der Waals surface area contributed by atoms with Crippen molar-refractivity contribution in [3.8, 4) is 11.5 Å². The molecule has 0 atom stereocenters. The number of ether oxygens (including phenoxy) is 1. The average molecular weight is 272 g/mol. The van der Waals surface area contributed by atoms with E-state index in [-0.39, 0.29) is 17.3 Å². The molecular formula is C15H16N2O3. The molecule has 104 valence electrons. The Bertz CT molecular complexity index is 654. The van der Waals surface area contributed by atoms with E-state index in [1.807, 2.05) is 0 Å². The van der Waals surface area contributed by atoms with Crippen LogP contribution < -0.4 is 15.8 Å². The van der Waals surface area contributed by atoms with Crippen LogP contribution in [0.4, 0.5) is 11.4 Å². The highest BCUT2D eigenvalue weighted by atomic mass is 16.5. The number of phenolic OH excluding ortho intramolecular Hbond substituents is 1. The van der Waals surface area contributed by atoms with Crippen LogP contribution in [0.3, 0.4) is 0 Å². The maximum absolute atomic E-state index is 12.2. The number of carbonyl (C=O) groups is 1. The second-order valence-electron chi connectivity index (χ2n) is 4.38. The highest BCUT2D eigenvalue weighted by Gasteiger charge is 2.13. The number of methoxy groups -OCH3 is 1.